The van der Waals surface area contributed by atoms with Crippen molar-refractivity contribution < 1.29 is 9.59 Å². The van der Waals surface area contributed by atoms with Crippen molar-refractivity contribution in [3.63, 3.8) is 0 Å². The SMILES string of the molecule is CCC(C(=O)NC1CCCCC1)N(Cc1cccc(C)c1)C(=O)Cc1ccc(Cl)cc1Cl. The highest BCUT2D eigenvalue weighted by atomic mass is 35.5. The Morgan fingerprint density at radius 3 is 2.50 bits per heavy atom. The van der Waals surface area contributed by atoms with Crippen molar-refractivity contribution in [3.8, 4) is 0 Å². The summed E-state index contributed by atoms with van der Waals surface area (Å²) in [6.07, 6.45) is 6.19. The molecule has 1 aliphatic carbocycles. The van der Waals surface area contributed by atoms with Gasteiger partial charge >= 0.3 is 0 Å². The van der Waals surface area contributed by atoms with Gasteiger partial charge in [-0.05, 0) is 49.4 Å². The smallest absolute Gasteiger partial charge is 0.243 e. The third-order valence-corrected chi connectivity index (χ3v) is 6.72. The Balaban J connectivity index is 1.83. The average molecular weight is 475 g/mol. The second-order valence-corrected chi connectivity index (χ2v) is 9.53. The normalized spacial score (nSPS) is 15.2. The molecular formula is C26H32Cl2N2O2. The molecule has 0 bridgehead atoms. The number of nitrogens with one attached hydrogen (secondary N) is 1. The highest BCUT2D eigenvalue weighted by Gasteiger charge is 2.30. The van der Waals surface area contributed by atoms with E-state index in [-0.39, 0.29) is 24.3 Å². The number of carbonyl (C=O) groups is 2. The van der Waals surface area contributed by atoms with E-state index in [1.807, 2.05) is 32.0 Å². The van der Waals surface area contributed by atoms with Crippen LogP contribution < -0.4 is 5.32 Å². The summed E-state index contributed by atoms with van der Waals surface area (Å²) in [7, 11) is 0. The van der Waals surface area contributed by atoms with E-state index in [2.05, 4.69) is 11.4 Å². The maximum Gasteiger partial charge on any atom is 0.243 e. The summed E-state index contributed by atoms with van der Waals surface area (Å²) in [6.45, 7) is 4.36. The van der Waals surface area contributed by atoms with Gasteiger partial charge in [0.2, 0.25) is 11.8 Å². The van der Waals surface area contributed by atoms with E-state index < -0.39 is 6.04 Å². The molecule has 0 radical (unpaired) electrons. The van der Waals surface area contributed by atoms with Crippen molar-refractivity contribution in [3.05, 3.63) is 69.2 Å². The van der Waals surface area contributed by atoms with Crippen molar-refractivity contribution in [1.82, 2.24) is 10.2 Å². The molecule has 0 aromatic heterocycles. The summed E-state index contributed by atoms with van der Waals surface area (Å²) in [5.41, 5.74) is 2.83. The van der Waals surface area contributed by atoms with Crippen molar-refractivity contribution >= 4 is 35.0 Å². The molecule has 2 aromatic carbocycles. The molecule has 1 unspecified atom stereocenters. The predicted molar refractivity (Wildman–Crippen MR) is 131 cm³/mol. The lowest BCUT2D eigenvalue weighted by atomic mass is 9.95. The first kappa shape index (κ1) is 24.6. The lowest BCUT2D eigenvalue weighted by molar-refractivity contribution is -0.141. The van der Waals surface area contributed by atoms with Gasteiger partial charge in [0.1, 0.15) is 6.04 Å². The second kappa shape index (κ2) is 11.7. The maximum absolute atomic E-state index is 13.5. The molecule has 172 valence electrons. The van der Waals surface area contributed by atoms with Gasteiger partial charge in [-0.1, -0.05) is 85.3 Å². The first-order valence-electron chi connectivity index (χ1n) is 11.5. The summed E-state index contributed by atoms with van der Waals surface area (Å²) in [5, 5.41) is 4.20. The number of halogens is 2. The van der Waals surface area contributed by atoms with Crippen molar-refractivity contribution in [1.29, 1.82) is 0 Å². The van der Waals surface area contributed by atoms with E-state index in [0.717, 1.165) is 36.8 Å². The van der Waals surface area contributed by atoms with Crippen LogP contribution in [0.5, 0.6) is 0 Å². The molecule has 1 saturated carbocycles. The molecule has 2 amide bonds. The fourth-order valence-corrected chi connectivity index (χ4v) is 4.88. The van der Waals surface area contributed by atoms with Crippen LogP contribution in [-0.4, -0.2) is 28.8 Å². The van der Waals surface area contributed by atoms with Crippen LogP contribution in [-0.2, 0) is 22.6 Å². The molecule has 32 heavy (non-hydrogen) atoms. The number of rotatable bonds is 8. The fraction of sp³-hybridized carbons (Fsp3) is 0.462. The van der Waals surface area contributed by atoms with Crippen LogP contribution in [0.2, 0.25) is 10.0 Å². The number of hydrogen-bond donors (Lipinski definition) is 1. The van der Waals surface area contributed by atoms with Gasteiger partial charge in [-0.15, -0.1) is 0 Å². The Morgan fingerprint density at radius 2 is 1.84 bits per heavy atom. The third-order valence-electron chi connectivity index (χ3n) is 6.13. The van der Waals surface area contributed by atoms with Crippen LogP contribution in [0.3, 0.4) is 0 Å². The molecule has 6 heteroatoms. The molecule has 4 nitrogen and oxygen atoms in total. The zero-order chi connectivity index (χ0) is 23.1. The Labute approximate surface area is 201 Å². The molecule has 0 spiro atoms. The monoisotopic (exact) mass is 474 g/mol. The third kappa shape index (κ3) is 6.73. The first-order chi connectivity index (χ1) is 15.4. The Hall–Kier alpha value is -2.04. The molecule has 1 N–H and O–H groups in total. The highest BCUT2D eigenvalue weighted by Crippen LogP contribution is 2.24. The van der Waals surface area contributed by atoms with Crippen molar-refractivity contribution in [2.45, 2.75) is 77.4 Å². The van der Waals surface area contributed by atoms with Crippen LogP contribution in [0.25, 0.3) is 0 Å². The van der Waals surface area contributed by atoms with Gasteiger partial charge in [-0.25, -0.2) is 0 Å². The summed E-state index contributed by atoms with van der Waals surface area (Å²) in [6, 6.07) is 12.9. The van der Waals surface area contributed by atoms with E-state index in [4.69, 9.17) is 23.2 Å². The largest absolute Gasteiger partial charge is 0.352 e. The number of hydrogen-bond acceptors (Lipinski definition) is 2. The van der Waals surface area contributed by atoms with Crippen molar-refractivity contribution in [2.75, 3.05) is 0 Å². The number of carbonyl (C=O) groups excluding carboxylic acids is 2. The molecule has 0 heterocycles. The van der Waals surface area contributed by atoms with Gasteiger partial charge in [0.25, 0.3) is 0 Å². The van der Waals surface area contributed by atoms with Gasteiger partial charge in [-0.3, -0.25) is 9.59 Å². The molecule has 1 atom stereocenters. The molecular weight excluding hydrogens is 443 g/mol. The van der Waals surface area contributed by atoms with Crippen LogP contribution in [0.4, 0.5) is 0 Å². The van der Waals surface area contributed by atoms with E-state index in [1.54, 1.807) is 23.1 Å². The molecule has 2 aromatic rings. The summed E-state index contributed by atoms with van der Waals surface area (Å²) >= 11 is 12.3. The van der Waals surface area contributed by atoms with E-state index in [9.17, 15) is 9.59 Å². The van der Waals surface area contributed by atoms with Gasteiger partial charge in [0.05, 0.1) is 6.42 Å². The van der Waals surface area contributed by atoms with Gasteiger partial charge in [-0.2, -0.15) is 0 Å². The number of amides is 2. The zero-order valence-electron chi connectivity index (χ0n) is 18.9. The minimum atomic E-state index is -0.531. The Bertz CT molecular complexity index is 941. The molecule has 1 aliphatic rings. The van der Waals surface area contributed by atoms with E-state index >= 15 is 0 Å². The van der Waals surface area contributed by atoms with E-state index in [0.29, 0.717) is 28.6 Å². The van der Waals surface area contributed by atoms with Crippen molar-refractivity contribution in [2.24, 2.45) is 0 Å². The Kier molecular flexibility index (Phi) is 9.01. The summed E-state index contributed by atoms with van der Waals surface area (Å²) in [5.74, 6) is -0.191. The zero-order valence-corrected chi connectivity index (χ0v) is 20.4. The first-order valence-corrected chi connectivity index (χ1v) is 12.2. The number of nitrogens with zero attached hydrogens (tertiary/aromatic N) is 1. The van der Waals surface area contributed by atoms with Gasteiger partial charge in [0, 0.05) is 22.6 Å². The maximum atomic E-state index is 13.5. The topological polar surface area (TPSA) is 49.4 Å². The summed E-state index contributed by atoms with van der Waals surface area (Å²) < 4.78 is 0. The Morgan fingerprint density at radius 1 is 1.09 bits per heavy atom. The summed E-state index contributed by atoms with van der Waals surface area (Å²) in [4.78, 5) is 28.5. The molecule has 0 saturated heterocycles. The molecule has 3 rings (SSSR count). The van der Waals surface area contributed by atoms with Gasteiger partial charge in [0.15, 0.2) is 0 Å². The standard InChI is InChI=1S/C26H32Cl2N2O2/c1-3-24(26(32)29-22-10-5-4-6-11-22)30(17-19-9-7-8-18(2)14-19)25(31)15-20-12-13-21(27)16-23(20)28/h7-9,12-14,16,22,24H,3-6,10-11,15,17H2,1-2H3,(H,29,32). The highest BCUT2D eigenvalue weighted by molar-refractivity contribution is 6.35. The lowest BCUT2D eigenvalue weighted by Gasteiger charge is -2.33. The quantitative estimate of drug-likeness (QED) is 0.502. The minimum absolute atomic E-state index is 0.0670. The molecule has 0 aliphatic heterocycles. The van der Waals surface area contributed by atoms with Crippen LogP contribution in [0.1, 0.15) is 62.1 Å². The van der Waals surface area contributed by atoms with Gasteiger partial charge < -0.3 is 10.2 Å². The number of aryl methyl sites for hydroxylation is 1. The molecule has 1 fully saturated rings. The lowest BCUT2D eigenvalue weighted by Crippen LogP contribution is -2.52. The van der Waals surface area contributed by atoms with Crippen LogP contribution >= 0.6 is 23.2 Å². The van der Waals surface area contributed by atoms with Crippen LogP contribution in [0, 0.1) is 6.92 Å². The van der Waals surface area contributed by atoms with Crippen LogP contribution in [0.15, 0.2) is 42.5 Å². The minimum Gasteiger partial charge on any atom is -0.352 e. The number of benzene rings is 2. The predicted octanol–water partition coefficient (Wildman–Crippen LogP) is 6.10. The fourth-order valence-electron chi connectivity index (χ4n) is 4.40. The second-order valence-electron chi connectivity index (χ2n) is 8.69. The average Bonchev–Trinajstić information content (AvgIpc) is 2.76. The van der Waals surface area contributed by atoms with E-state index in [1.165, 1.54) is 6.42 Å².